The summed E-state index contributed by atoms with van der Waals surface area (Å²) in [5.41, 5.74) is 1.15. The summed E-state index contributed by atoms with van der Waals surface area (Å²) >= 11 is 7.27. The van der Waals surface area contributed by atoms with E-state index in [1.807, 2.05) is 54.6 Å². The maximum Gasteiger partial charge on any atom is 0.229 e. The Morgan fingerprint density at radius 2 is 1.72 bits per heavy atom. The van der Waals surface area contributed by atoms with Gasteiger partial charge in [0, 0.05) is 15.5 Å². The number of oxazole rings is 1. The van der Waals surface area contributed by atoms with E-state index in [1.54, 1.807) is 12.1 Å². The zero-order chi connectivity index (χ0) is 17.2. The van der Waals surface area contributed by atoms with Gasteiger partial charge in [0.2, 0.25) is 11.0 Å². The lowest BCUT2D eigenvalue weighted by Crippen LogP contribution is -1.81. The molecule has 0 unspecified atom stereocenters. The summed E-state index contributed by atoms with van der Waals surface area (Å²) in [5.74, 6) is 0.449. The highest BCUT2D eigenvalue weighted by Crippen LogP contribution is 2.36. The Balaban J connectivity index is 1.78. The van der Waals surface area contributed by atoms with Gasteiger partial charge in [0.1, 0.15) is 6.07 Å². The van der Waals surface area contributed by atoms with Gasteiger partial charge in [0.25, 0.3) is 0 Å². The first-order chi connectivity index (χ1) is 12.2. The van der Waals surface area contributed by atoms with E-state index >= 15 is 0 Å². The second kappa shape index (κ2) is 6.64. The van der Waals surface area contributed by atoms with Crippen LogP contribution in [-0.2, 0) is 0 Å². The third kappa shape index (κ3) is 3.12. The maximum atomic E-state index is 9.41. The van der Waals surface area contributed by atoms with Crippen LogP contribution in [0.1, 0.15) is 5.69 Å². The van der Waals surface area contributed by atoms with Gasteiger partial charge in [-0.05, 0) is 52.9 Å². The van der Waals surface area contributed by atoms with Crippen molar-refractivity contribution in [3.05, 3.63) is 77.4 Å². The average Bonchev–Trinajstić information content (AvgIpc) is 3.06. The number of benzene rings is 3. The number of aromatic nitrogens is 1. The van der Waals surface area contributed by atoms with Gasteiger partial charge in [-0.2, -0.15) is 10.2 Å². The fourth-order valence-corrected chi connectivity index (χ4v) is 3.50. The van der Waals surface area contributed by atoms with Crippen LogP contribution in [-0.4, -0.2) is 4.98 Å². The maximum absolute atomic E-state index is 9.41. The molecule has 0 saturated carbocycles. The van der Waals surface area contributed by atoms with Crippen LogP contribution in [0.5, 0.6) is 0 Å². The van der Waals surface area contributed by atoms with E-state index in [2.05, 4.69) is 11.1 Å². The van der Waals surface area contributed by atoms with Crippen LogP contribution >= 0.6 is 23.4 Å². The summed E-state index contributed by atoms with van der Waals surface area (Å²) in [6, 6.07) is 23.5. The predicted octanol–water partition coefficient (Wildman–Crippen LogP) is 6.17. The fraction of sp³-hybridized carbons (Fsp3) is 0. The van der Waals surface area contributed by atoms with Crippen LogP contribution in [0.15, 0.2) is 81.1 Å². The lowest BCUT2D eigenvalue weighted by Gasteiger charge is -2.02. The standard InChI is InChI=1S/C20H11ClN2OS/c21-14-8-10-15(11-9-14)25-20-18(12-22)23-19(24-20)17-7-3-5-13-4-1-2-6-16(13)17/h1-11H. The molecule has 4 rings (SSSR count). The molecule has 1 aromatic heterocycles. The molecule has 25 heavy (non-hydrogen) atoms. The van der Waals surface area contributed by atoms with E-state index in [0.717, 1.165) is 21.2 Å². The summed E-state index contributed by atoms with van der Waals surface area (Å²) in [7, 11) is 0. The molecule has 3 aromatic carbocycles. The molecule has 3 nitrogen and oxygen atoms in total. The molecule has 0 amide bonds. The average molecular weight is 363 g/mol. The van der Waals surface area contributed by atoms with Crippen LogP contribution in [0, 0.1) is 11.3 Å². The van der Waals surface area contributed by atoms with Crippen molar-refractivity contribution in [1.82, 2.24) is 4.98 Å². The van der Waals surface area contributed by atoms with Crippen molar-refractivity contribution in [3.8, 4) is 17.5 Å². The topological polar surface area (TPSA) is 49.8 Å². The molecule has 0 fully saturated rings. The van der Waals surface area contributed by atoms with Crippen LogP contribution in [0.3, 0.4) is 0 Å². The Labute approximate surface area is 153 Å². The van der Waals surface area contributed by atoms with E-state index in [1.165, 1.54) is 11.8 Å². The Morgan fingerprint density at radius 3 is 2.52 bits per heavy atom. The van der Waals surface area contributed by atoms with Crippen LogP contribution in [0.4, 0.5) is 0 Å². The number of nitrogens with zero attached hydrogens (tertiary/aromatic N) is 2. The van der Waals surface area contributed by atoms with Gasteiger partial charge >= 0.3 is 0 Å². The Kier molecular flexibility index (Phi) is 4.19. The highest BCUT2D eigenvalue weighted by atomic mass is 35.5. The molecule has 0 atom stereocenters. The SMILES string of the molecule is N#Cc1nc(-c2cccc3ccccc23)oc1Sc1ccc(Cl)cc1. The number of nitriles is 1. The van der Waals surface area contributed by atoms with Crippen molar-refractivity contribution in [1.29, 1.82) is 5.26 Å². The molecule has 0 aliphatic rings. The van der Waals surface area contributed by atoms with E-state index in [0.29, 0.717) is 16.0 Å². The Hall–Kier alpha value is -2.74. The number of halogens is 1. The zero-order valence-electron chi connectivity index (χ0n) is 12.9. The third-order valence-electron chi connectivity index (χ3n) is 3.75. The Morgan fingerprint density at radius 1 is 0.960 bits per heavy atom. The highest BCUT2D eigenvalue weighted by Gasteiger charge is 2.17. The quantitative estimate of drug-likeness (QED) is 0.437. The van der Waals surface area contributed by atoms with Gasteiger partial charge in [-0.1, -0.05) is 48.0 Å². The number of rotatable bonds is 3. The summed E-state index contributed by atoms with van der Waals surface area (Å²) in [6.07, 6.45) is 0. The fourth-order valence-electron chi connectivity index (χ4n) is 2.58. The Bertz CT molecular complexity index is 1090. The van der Waals surface area contributed by atoms with Gasteiger partial charge in [0.05, 0.1) is 0 Å². The van der Waals surface area contributed by atoms with E-state index in [9.17, 15) is 5.26 Å². The first-order valence-electron chi connectivity index (χ1n) is 7.57. The second-order valence-corrected chi connectivity index (χ2v) is 6.83. The molecule has 5 heteroatoms. The summed E-state index contributed by atoms with van der Waals surface area (Å²) in [5, 5.41) is 12.7. The molecule has 0 aliphatic heterocycles. The normalized spacial score (nSPS) is 10.7. The zero-order valence-corrected chi connectivity index (χ0v) is 14.5. The van der Waals surface area contributed by atoms with Gasteiger partial charge in [-0.3, -0.25) is 0 Å². The lowest BCUT2D eigenvalue weighted by atomic mass is 10.0. The first kappa shape index (κ1) is 15.8. The molecule has 0 saturated heterocycles. The van der Waals surface area contributed by atoms with E-state index in [-0.39, 0.29) is 5.69 Å². The molecular weight excluding hydrogens is 352 g/mol. The molecule has 0 spiro atoms. The van der Waals surface area contributed by atoms with Crippen LogP contribution in [0.25, 0.3) is 22.2 Å². The number of hydrogen-bond acceptors (Lipinski definition) is 4. The van der Waals surface area contributed by atoms with Crippen molar-refractivity contribution in [2.75, 3.05) is 0 Å². The van der Waals surface area contributed by atoms with Crippen molar-refractivity contribution in [3.63, 3.8) is 0 Å². The molecule has 4 aromatic rings. The largest absolute Gasteiger partial charge is 0.428 e. The van der Waals surface area contributed by atoms with Gasteiger partial charge in [0.15, 0.2) is 5.69 Å². The van der Waals surface area contributed by atoms with Crippen LogP contribution in [0.2, 0.25) is 5.02 Å². The highest BCUT2D eigenvalue weighted by molar-refractivity contribution is 7.99. The minimum Gasteiger partial charge on any atom is -0.428 e. The summed E-state index contributed by atoms with van der Waals surface area (Å²) in [6.45, 7) is 0. The predicted molar refractivity (Wildman–Crippen MR) is 99.7 cm³/mol. The molecule has 1 heterocycles. The molecule has 0 aliphatic carbocycles. The first-order valence-corrected chi connectivity index (χ1v) is 8.76. The van der Waals surface area contributed by atoms with Crippen molar-refractivity contribution in [2.24, 2.45) is 0 Å². The smallest absolute Gasteiger partial charge is 0.229 e. The van der Waals surface area contributed by atoms with Crippen molar-refractivity contribution >= 4 is 34.1 Å². The minimum absolute atomic E-state index is 0.280. The second-order valence-electron chi connectivity index (χ2n) is 5.35. The monoisotopic (exact) mass is 362 g/mol. The molecular formula is C20H11ClN2OS. The molecule has 0 radical (unpaired) electrons. The molecule has 0 N–H and O–H groups in total. The minimum atomic E-state index is 0.280. The third-order valence-corrected chi connectivity index (χ3v) is 4.97. The van der Waals surface area contributed by atoms with Crippen molar-refractivity contribution < 1.29 is 4.42 Å². The summed E-state index contributed by atoms with van der Waals surface area (Å²) in [4.78, 5) is 5.32. The molecule has 120 valence electrons. The van der Waals surface area contributed by atoms with Crippen molar-refractivity contribution in [2.45, 2.75) is 9.99 Å². The van der Waals surface area contributed by atoms with E-state index in [4.69, 9.17) is 16.0 Å². The lowest BCUT2D eigenvalue weighted by molar-refractivity contribution is 0.483. The van der Waals surface area contributed by atoms with Gasteiger partial charge in [-0.15, -0.1) is 0 Å². The molecule has 0 bridgehead atoms. The van der Waals surface area contributed by atoms with Gasteiger partial charge in [-0.25, -0.2) is 0 Å². The number of fused-ring (bicyclic) bond motifs is 1. The van der Waals surface area contributed by atoms with Crippen LogP contribution < -0.4 is 0 Å². The van der Waals surface area contributed by atoms with Gasteiger partial charge < -0.3 is 4.42 Å². The number of hydrogen-bond donors (Lipinski definition) is 0. The van der Waals surface area contributed by atoms with E-state index < -0.39 is 0 Å². The summed E-state index contributed by atoms with van der Waals surface area (Å²) < 4.78 is 5.93.